The molecule has 0 N–H and O–H groups in total. The third-order valence-corrected chi connectivity index (χ3v) is 3.01. The van der Waals surface area contributed by atoms with Crippen LogP contribution < -0.4 is 0 Å². The van der Waals surface area contributed by atoms with Crippen molar-refractivity contribution in [3.05, 3.63) is 35.1 Å². The fraction of sp³-hybridized carbons (Fsp3) is 0.364. The number of sulfone groups is 1. The number of aryl methyl sites for hydroxylation is 1. The second-order valence-electron chi connectivity index (χ2n) is 3.82. The van der Waals surface area contributed by atoms with E-state index in [1.165, 1.54) is 6.07 Å². The monoisotopic (exact) mass is 244 g/mol. The van der Waals surface area contributed by atoms with E-state index in [0.717, 1.165) is 12.3 Å². The first-order chi connectivity index (χ1) is 7.28. The number of hydrogen-bond donors (Lipinski definition) is 0. The van der Waals surface area contributed by atoms with Crippen molar-refractivity contribution in [1.82, 2.24) is 0 Å². The van der Waals surface area contributed by atoms with Gasteiger partial charge < -0.3 is 0 Å². The lowest BCUT2D eigenvalue weighted by molar-refractivity contribution is 0.0988. The predicted molar refractivity (Wildman–Crippen MR) is 59.8 cm³/mol. The minimum absolute atomic E-state index is 0.109. The summed E-state index contributed by atoms with van der Waals surface area (Å²) in [6.07, 6.45) is 0.957. The van der Waals surface area contributed by atoms with Crippen LogP contribution in [0.4, 0.5) is 4.39 Å². The van der Waals surface area contributed by atoms with Crippen LogP contribution >= 0.6 is 0 Å². The summed E-state index contributed by atoms with van der Waals surface area (Å²) in [7, 11) is -3.16. The molecule has 0 aliphatic heterocycles. The van der Waals surface area contributed by atoms with Gasteiger partial charge in [-0.2, -0.15) is 0 Å². The summed E-state index contributed by atoms with van der Waals surface area (Å²) >= 11 is 0. The third kappa shape index (κ3) is 4.10. The third-order valence-electron chi connectivity index (χ3n) is 2.06. The molecular weight excluding hydrogens is 231 g/mol. The average Bonchev–Trinajstić information content (AvgIpc) is 2.11. The van der Waals surface area contributed by atoms with Gasteiger partial charge in [0.25, 0.3) is 0 Å². The molecule has 0 radical (unpaired) electrons. The van der Waals surface area contributed by atoms with Gasteiger partial charge in [0.1, 0.15) is 15.7 Å². The molecule has 0 aliphatic carbocycles. The van der Waals surface area contributed by atoms with E-state index in [2.05, 4.69) is 0 Å². The molecule has 0 aliphatic rings. The van der Waals surface area contributed by atoms with Gasteiger partial charge in [0, 0.05) is 18.2 Å². The Balaban J connectivity index is 2.81. The molecule has 0 saturated carbocycles. The number of Topliss-reactive ketones (excluding diaryl/α,β-unsaturated/α-hetero) is 1. The zero-order valence-electron chi connectivity index (χ0n) is 9.16. The lowest BCUT2D eigenvalue weighted by atomic mass is 10.1. The largest absolute Gasteiger partial charge is 0.294 e. The van der Waals surface area contributed by atoms with Crippen LogP contribution in [-0.4, -0.2) is 26.2 Å². The Bertz CT molecular complexity index is 486. The number of carbonyl (C=O) groups excluding carboxylic acids is 1. The second-order valence-corrected chi connectivity index (χ2v) is 6.08. The minimum Gasteiger partial charge on any atom is -0.294 e. The Morgan fingerprint density at radius 2 is 1.94 bits per heavy atom. The van der Waals surface area contributed by atoms with Crippen molar-refractivity contribution >= 4 is 15.6 Å². The van der Waals surface area contributed by atoms with Gasteiger partial charge in [-0.25, -0.2) is 12.8 Å². The fourth-order valence-electron chi connectivity index (χ4n) is 1.32. The molecule has 1 rings (SSSR count). The molecule has 3 nitrogen and oxygen atoms in total. The van der Waals surface area contributed by atoms with Gasteiger partial charge >= 0.3 is 0 Å². The molecule has 0 saturated heterocycles. The van der Waals surface area contributed by atoms with E-state index < -0.39 is 15.7 Å². The maximum Gasteiger partial charge on any atom is 0.163 e. The highest BCUT2D eigenvalue weighted by molar-refractivity contribution is 7.90. The van der Waals surface area contributed by atoms with Crippen molar-refractivity contribution in [1.29, 1.82) is 0 Å². The van der Waals surface area contributed by atoms with Crippen LogP contribution in [0.3, 0.4) is 0 Å². The van der Waals surface area contributed by atoms with Crippen LogP contribution in [0.1, 0.15) is 22.3 Å². The van der Waals surface area contributed by atoms with Gasteiger partial charge in [-0.3, -0.25) is 4.79 Å². The van der Waals surface area contributed by atoms with Crippen molar-refractivity contribution in [2.75, 3.05) is 12.0 Å². The summed E-state index contributed by atoms with van der Waals surface area (Å²) in [5, 5.41) is 0. The number of hydrogen-bond acceptors (Lipinski definition) is 3. The van der Waals surface area contributed by atoms with Gasteiger partial charge in [-0.15, -0.1) is 0 Å². The summed E-state index contributed by atoms with van der Waals surface area (Å²) in [5.74, 6) is -1.04. The minimum atomic E-state index is -3.16. The molecule has 16 heavy (non-hydrogen) atoms. The molecule has 0 bridgehead atoms. The van der Waals surface area contributed by atoms with E-state index in [-0.39, 0.29) is 23.5 Å². The second kappa shape index (κ2) is 4.74. The molecule has 1 aromatic carbocycles. The molecule has 0 amide bonds. The Morgan fingerprint density at radius 3 is 2.44 bits per heavy atom. The topological polar surface area (TPSA) is 51.2 Å². The first kappa shape index (κ1) is 12.8. The van der Waals surface area contributed by atoms with Gasteiger partial charge in [-0.05, 0) is 30.7 Å². The van der Waals surface area contributed by atoms with Crippen LogP contribution in [0.5, 0.6) is 0 Å². The molecule has 0 atom stereocenters. The van der Waals surface area contributed by atoms with Gasteiger partial charge in [-0.1, -0.05) is 0 Å². The smallest absolute Gasteiger partial charge is 0.163 e. The maximum atomic E-state index is 13.0. The molecule has 0 aromatic heterocycles. The van der Waals surface area contributed by atoms with E-state index in [1.807, 2.05) is 0 Å². The summed E-state index contributed by atoms with van der Waals surface area (Å²) in [6.45, 7) is 1.68. The summed E-state index contributed by atoms with van der Waals surface area (Å²) < 4.78 is 34.7. The highest BCUT2D eigenvalue weighted by Crippen LogP contribution is 2.11. The molecule has 5 heteroatoms. The van der Waals surface area contributed by atoms with E-state index in [0.29, 0.717) is 5.56 Å². The molecule has 0 unspecified atom stereocenters. The summed E-state index contributed by atoms with van der Waals surface area (Å²) in [6, 6.07) is 3.98. The predicted octanol–water partition coefficient (Wildman–Crippen LogP) is 1.75. The first-order valence-electron chi connectivity index (χ1n) is 4.76. The molecular formula is C11H13FO3S. The number of carbonyl (C=O) groups is 1. The van der Waals surface area contributed by atoms with Gasteiger partial charge in [0.2, 0.25) is 0 Å². The van der Waals surface area contributed by atoms with Crippen molar-refractivity contribution in [3.63, 3.8) is 0 Å². The van der Waals surface area contributed by atoms with Gasteiger partial charge in [0.05, 0.1) is 5.75 Å². The highest BCUT2D eigenvalue weighted by atomic mass is 32.2. The standard InChI is InChI=1S/C11H13FO3S/c1-8-5-9(7-10(12)6-8)11(13)3-4-16(2,14)15/h5-7H,3-4H2,1-2H3. The number of ketones is 1. The summed E-state index contributed by atoms with van der Waals surface area (Å²) in [5.41, 5.74) is 0.865. The molecule has 1 aromatic rings. The van der Waals surface area contributed by atoms with E-state index in [1.54, 1.807) is 13.0 Å². The molecule has 88 valence electrons. The normalized spacial score (nSPS) is 11.4. The van der Waals surface area contributed by atoms with Crippen LogP contribution in [0.15, 0.2) is 18.2 Å². The quantitative estimate of drug-likeness (QED) is 0.758. The van der Waals surface area contributed by atoms with Crippen molar-refractivity contribution in [2.45, 2.75) is 13.3 Å². The Kier molecular flexibility index (Phi) is 3.80. The van der Waals surface area contributed by atoms with E-state index in [4.69, 9.17) is 0 Å². The number of benzene rings is 1. The average molecular weight is 244 g/mol. The number of halogens is 1. The molecule has 0 spiro atoms. The van der Waals surface area contributed by atoms with Crippen molar-refractivity contribution < 1.29 is 17.6 Å². The van der Waals surface area contributed by atoms with Crippen molar-refractivity contribution in [2.24, 2.45) is 0 Å². The Labute approximate surface area is 94.2 Å². The highest BCUT2D eigenvalue weighted by Gasteiger charge is 2.11. The SMILES string of the molecule is Cc1cc(F)cc(C(=O)CCS(C)(=O)=O)c1. The van der Waals surface area contributed by atoms with Crippen LogP contribution in [-0.2, 0) is 9.84 Å². The Hall–Kier alpha value is -1.23. The first-order valence-corrected chi connectivity index (χ1v) is 6.82. The fourth-order valence-corrected chi connectivity index (χ4v) is 1.88. The van der Waals surface area contributed by atoms with Gasteiger partial charge in [0.15, 0.2) is 5.78 Å². The van der Waals surface area contributed by atoms with Crippen LogP contribution in [0.25, 0.3) is 0 Å². The van der Waals surface area contributed by atoms with Crippen molar-refractivity contribution in [3.8, 4) is 0 Å². The zero-order valence-corrected chi connectivity index (χ0v) is 9.97. The number of rotatable bonds is 4. The lowest BCUT2D eigenvalue weighted by Gasteiger charge is -2.02. The van der Waals surface area contributed by atoms with Crippen LogP contribution in [0, 0.1) is 12.7 Å². The van der Waals surface area contributed by atoms with E-state index in [9.17, 15) is 17.6 Å². The molecule has 0 fully saturated rings. The summed E-state index contributed by atoms with van der Waals surface area (Å²) in [4.78, 5) is 11.6. The zero-order chi connectivity index (χ0) is 12.3. The maximum absolute atomic E-state index is 13.0. The lowest BCUT2D eigenvalue weighted by Crippen LogP contribution is -2.09. The molecule has 0 heterocycles. The van der Waals surface area contributed by atoms with Crippen LogP contribution in [0.2, 0.25) is 0 Å². The van der Waals surface area contributed by atoms with E-state index >= 15 is 0 Å². The Morgan fingerprint density at radius 1 is 1.31 bits per heavy atom.